The van der Waals surface area contributed by atoms with Crippen LogP contribution in [0.25, 0.3) is 0 Å². The van der Waals surface area contributed by atoms with Crippen molar-refractivity contribution in [3.05, 3.63) is 0 Å². The highest BCUT2D eigenvalue weighted by Crippen LogP contribution is 2.50. The summed E-state index contributed by atoms with van der Waals surface area (Å²) in [7, 11) is 0. The highest BCUT2D eigenvalue weighted by Gasteiger charge is 2.41. The van der Waals surface area contributed by atoms with Crippen LogP contribution in [-0.2, 0) is 0 Å². The lowest BCUT2D eigenvalue weighted by Crippen LogP contribution is -2.40. The third-order valence-electron chi connectivity index (χ3n) is 7.08. The van der Waals surface area contributed by atoms with Gasteiger partial charge in [-0.05, 0) is 79.4 Å². The molecule has 0 aromatic rings. The van der Waals surface area contributed by atoms with Crippen molar-refractivity contribution in [3.8, 4) is 0 Å². The number of hydrogen-bond donors (Lipinski definition) is 0. The second-order valence-corrected chi connectivity index (χ2v) is 9.25. The molecule has 0 nitrogen and oxygen atoms in total. The zero-order valence-corrected chi connectivity index (χ0v) is 15.6. The molecule has 0 amide bonds. The van der Waals surface area contributed by atoms with E-state index in [1.165, 1.54) is 44.9 Å². The molecule has 2 aliphatic carbocycles. The van der Waals surface area contributed by atoms with Crippen LogP contribution in [0.1, 0.15) is 86.5 Å². The predicted molar refractivity (Wildman–Crippen MR) is 94.3 cm³/mol. The first-order valence-electron chi connectivity index (χ1n) is 9.91. The molecule has 0 aromatic carbocycles. The first-order chi connectivity index (χ1) is 9.91. The van der Waals surface area contributed by atoms with Crippen molar-refractivity contribution >= 4 is 0 Å². The zero-order chi connectivity index (χ0) is 15.6. The topological polar surface area (TPSA) is 0 Å². The molecule has 124 valence electrons. The molecule has 0 heterocycles. The monoisotopic (exact) mass is 292 g/mol. The zero-order valence-electron chi connectivity index (χ0n) is 15.6. The summed E-state index contributed by atoms with van der Waals surface area (Å²) in [6.07, 6.45) is 10.6. The largest absolute Gasteiger partial charge is 0.0625 e. The Labute approximate surface area is 134 Å². The minimum absolute atomic E-state index is 0.887. The van der Waals surface area contributed by atoms with Crippen molar-refractivity contribution in [3.63, 3.8) is 0 Å². The number of rotatable bonds is 4. The Morgan fingerprint density at radius 1 is 0.571 bits per heavy atom. The maximum Gasteiger partial charge on any atom is -0.0350 e. The van der Waals surface area contributed by atoms with Gasteiger partial charge in [-0.15, -0.1) is 0 Å². The van der Waals surface area contributed by atoms with E-state index in [1.807, 2.05) is 0 Å². The molecular weight excluding hydrogens is 252 g/mol. The second kappa shape index (κ2) is 7.51. The van der Waals surface area contributed by atoms with E-state index >= 15 is 0 Å². The summed E-state index contributed by atoms with van der Waals surface area (Å²) in [5.74, 6) is 7.74. The van der Waals surface area contributed by atoms with Crippen LogP contribution in [-0.4, -0.2) is 0 Å². The molecule has 2 aliphatic rings. The highest BCUT2D eigenvalue weighted by molar-refractivity contribution is 4.91. The average molecular weight is 293 g/mol. The molecule has 0 N–H and O–H groups in total. The van der Waals surface area contributed by atoms with Gasteiger partial charge in [0.15, 0.2) is 0 Å². The number of hydrogen-bond acceptors (Lipinski definition) is 0. The van der Waals surface area contributed by atoms with E-state index < -0.39 is 0 Å². The van der Waals surface area contributed by atoms with Gasteiger partial charge in [0.25, 0.3) is 0 Å². The Hall–Kier alpha value is 0. The van der Waals surface area contributed by atoms with Crippen LogP contribution < -0.4 is 0 Å². The van der Waals surface area contributed by atoms with Gasteiger partial charge in [-0.25, -0.2) is 0 Å². The summed E-state index contributed by atoms with van der Waals surface area (Å²) in [5, 5.41) is 0. The molecule has 0 bridgehead atoms. The van der Waals surface area contributed by atoms with Crippen LogP contribution in [0.5, 0.6) is 0 Å². The van der Waals surface area contributed by atoms with E-state index in [0.29, 0.717) is 0 Å². The molecule has 0 heteroatoms. The molecule has 5 atom stereocenters. The van der Waals surface area contributed by atoms with E-state index in [2.05, 4.69) is 41.5 Å². The van der Waals surface area contributed by atoms with Crippen LogP contribution >= 0.6 is 0 Å². The SMILES string of the molecule is CC(C)C1CCC(C(C)C)C(C2CCCCC2C(C)C)C1. The first-order valence-corrected chi connectivity index (χ1v) is 9.91. The normalized spacial score (nSPS) is 38.4. The molecule has 2 saturated carbocycles. The first kappa shape index (κ1) is 17.4. The second-order valence-electron chi connectivity index (χ2n) is 9.25. The lowest BCUT2D eigenvalue weighted by atomic mass is 9.57. The fourth-order valence-corrected chi connectivity index (χ4v) is 5.74. The van der Waals surface area contributed by atoms with E-state index in [-0.39, 0.29) is 0 Å². The molecule has 0 aromatic heterocycles. The van der Waals surface area contributed by atoms with Gasteiger partial charge >= 0.3 is 0 Å². The van der Waals surface area contributed by atoms with Crippen LogP contribution in [0.2, 0.25) is 0 Å². The van der Waals surface area contributed by atoms with Gasteiger partial charge in [0.1, 0.15) is 0 Å². The maximum atomic E-state index is 2.49. The van der Waals surface area contributed by atoms with E-state index in [0.717, 1.165) is 47.3 Å². The van der Waals surface area contributed by atoms with Crippen molar-refractivity contribution in [2.75, 3.05) is 0 Å². The fraction of sp³-hybridized carbons (Fsp3) is 1.00. The summed E-state index contributed by atoms with van der Waals surface area (Å²) in [5.41, 5.74) is 0. The molecule has 0 spiro atoms. The predicted octanol–water partition coefficient (Wildman–Crippen LogP) is 6.79. The Balaban J connectivity index is 2.17. The Kier molecular flexibility index (Phi) is 6.21. The van der Waals surface area contributed by atoms with Crippen LogP contribution in [0, 0.1) is 47.3 Å². The standard InChI is InChI=1S/C21H40/c1-14(2)17-11-12-19(16(5)6)21(13-17)20-10-8-7-9-18(20)15(3)4/h14-21H,7-13H2,1-6H3. The van der Waals surface area contributed by atoms with Crippen LogP contribution in [0.4, 0.5) is 0 Å². The van der Waals surface area contributed by atoms with Gasteiger partial charge in [-0.1, -0.05) is 54.4 Å². The van der Waals surface area contributed by atoms with Crippen molar-refractivity contribution in [1.82, 2.24) is 0 Å². The van der Waals surface area contributed by atoms with Crippen LogP contribution in [0.15, 0.2) is 0 Å². The third-order valence-corrected chi connectivity index (χ3v) is 7.08. The highest BCUT2D eigenvalue weighted by atomic mass is 14.5. The lowest BCUT2D eigenvalue weighted by Gasteiger charge is -2.48. The fourth-order valence-electron chi connectivity index (χ4n) is 5.74. The molecule has 2 rings (SSSR count). The molecule has 2 fully saturated rings. The van der Waals surface area contributed by atoms with Gasteiger partial charge in [-0.2, -0.15) is 0 Å². The van der Waals surface area contributed by atoms with Gasteiger partial charge in [0.05, 0.1) is 0 Å². The molecule has 5 unspecified atom stereocenters. The summed E-state index contributed by atoms with van der Waals surface area (Å²) in [6, 6.07) is 0. The van der Waals surface area contributed by atoms with Crippen molar-refractivity contribution in [2.24, 2.45) is 47.3 Å². The van der Waals surface area contributed by atoms with Gasteiger partial charge in [0, 0.05) is 0 Å². The van der Waals surface area contributed by atoms with Gasteiger partial charge < -0.3 is 0 Å². The Bertz CT molecular complexity index is 301. The van der Waals surface area contributed by atoms with E-state index in [4.69, 9.17) is 0 Å². The van der Waals surface area contributed by atoms with Gasteiger partial charge in [-0.3, -0.25) is 0 Å². The van der Waals surface area contributed by atoms with Crippen molar-refractivity contribution in [2.45, 2.75) is 86.5 Å². The molecule has 0 aliphatic heterocycles. The molecule has 21 heavy (non-hydrogen) atoms. The summed E-state index contributed by atoms with van der Waals surface area (Å²) >= 11 is 0. The average Bonchev–Trinajstić information content (AvgIpc) is 2.46. The summed E-state index contributed by atoms with van der Waals surface area (Å²) in [6.45, 7) is 14.9. The minimum atomic E-state index is 0.887. The van der Waals surface area contributed by atoms with Crippen molar-refractivity contribution in [1.29, 1.82) is 0 Å². The van der Waals surface area contributed by atoms with Gasteiger partial charge in [0.2, 0.25) is 0 Å². The third kappa shape index (κ3) is 4.05. The van der Waals surface area contributed by atoms with Crippen LogP contribution in [0.3, 0.4) is 0 Å². The Morgan fingerprint density at radius 3 is 1.71 bits per heavy atom. The summed E-state index contributed by atoms with van der Waals surface area (Å²) in [4.78, 5) is 0. The van der Waals surface area contributed by atoms with E-state index in [9.17, 15) is 0 Å². The molecular formula is C21H40. The molecule has 0 radical (unpaired) electrons. The Morgan fingerprint density at radius 2 is 1.14 bits per heavy atom. The van der Waals surface area contributed by atoms with E-state index in [1.54, 1.807) is 0 Å². The van der Waals surface area contributed by atoms with Crippen molar-refractivity contribution < 1.29 is 0 Å². The quantitative estimate of drug-likeness (QED) is 0.535. The minimum Gasteiger partial charge on any atom is -0.0625 e. The lowest BCUT2D eigenvalue weighted by molar-refractivity contribution is 0.0137. The maximum absolute atomic E-state index is 2.49. The smallest absolute Gasteiger partial charge is 0.0350 e. The molecule has 0 saturated heterocycles. The summed E-state index contributed by atoms with van der Waals surface area (Å²) < 4.78 is 0.